The molecule has 0 saturated heterocycles. The molecule has 1 saturated carbocycles. The zero-order valence-electron chi connectivity index (χ0n) is 16.4. The molecule has 0 radical (unpaired) electrons. The van der Waals surface area contributed by atoms with Crippen LogP contribution >= 0.6 is 0 Å². The van der Waals surface area contributed by atoms with Gasteiger partial charge in [-0.2, -0.15) is 0 Å². The Bertz CT molecular complexity index is 798. The normalized spacial score (nSPS) is 18.6. The molecule has 1 amide bonds. The number of amides is 1. The monoisotopic (exact) mass is 381 g/mol. The van der Waals surface area contributed by atoms with E-state index >= 15 is 0 Å². The van der Waals surface area contributed by atoms with Crippen molar-refractivity contribution in [1.82, 2.24) is 0 Å². The van der Waals surface area contributed by atoms with Crippen LogP contribution in [0.3, 0.4) is 0 Å². The largest absolute Gasteiger partial charge is 0.446 e. The van der Waals surface area contributed by atoms with Crippen molar-refractivity contribution in [1.29, 1.82) is 0 Å². The lowest BCUT2D eigenvalue weighted by atomic mass is 10.0. The Balaban J connectivity index is 1.49. The molecule has 1 aliphatic carbocycles. The van der Waals surface area contributed by atoms with E-state index in [9.17, 15) is 9.59 Å². The van der Waals surface area contributed by atoms with Gasteiger partial charge in [0.2, 0.25) is 0 Å². The predicted octanol–water partition coefficient (Wildman–Crippen LogP) is 4.52. The second kappa shape index (κ2) is 9.51. The number of Topliss-reactive ketones (excluding diaryl/α,β-unsaturated/α-hetero) is 1. The summed E-state index contributed by atoms with van der Waals surface area (Å²) in [5.41, 5.74) is 4.08. The fraction of sp³-hybridized carbons (Fsp3) is 0.391. The van der Waals surface area contributed by atoms with Crippen LogP contribution in [0, 0.1) is 0 Å². The first-order chi connectivity index (χ1) is 13.5. The van der Waals surface area contributed by atoms with Crippen molar-refractivity contribution in [3.8, 4) is 0 Å². The lowest BCUT2D eigenvalue weighted by molar-refractivity contribution is -0.116. The number of nitrogens with one attached hydrogen (secondary N) is 1. The van der Waals surface area contributed by atoms with Crippen LogP contribution in [0.25, 0.3) is 0 Å². The van der Waals surface area contributed by atoms with Gasteiger partial charge < -0.3 is 9.47 Å². The van der Waals surface area contributed by atoms with E-state index in [4.69, 9.17) is 9.47 Å². The molecular weight excluding hydrogens is 354 g/mol. The van der Waals surface area contributed by atoms with E-state index in [1.165, 1.54) is 5.56 Å². The molecule has 0 aliphatic heterocycles. The molecule has 1 aliphatic rings. The molecule has 0 bridgehead atoms. The molecule has 5 nitrogen and oxygen atoms in total. The number of ketones is 1. The molecule has 1 N–H and O–H groups in total. The quantitative estimate of drug-likeness (QED) is 0.766. The molecule has 3 rings (SSSR count). The summed E-state index contributed by atoms with van der Waals surface area (Å²) >= 11 is 0. The lowest BCUT2D eigenvalue weighted by Gasteiger charge is -2.13. The van der Waals surface area contributed by atoms with Crippen molar-refractivity contribution in [3.63, 3.8) is 0 Å². The zero-order valence-corrected chi connectivity index (χ0v) is 16.4. The average molecular weight is 381 g/mol. The molecule has 0 spiro atoms. The number of methoxy groups -OCH3 is 1. The Kier molecular flexibility index (Phi) is 6.82. The fourth-order valence-corrected chi connectivity index (χ4v) is 3.52. The second-order valence-corrected chi connectivity index (χ2v) is 7.39. The number of hydrogen-bond donors (Lipinski definition) is 1. The van der Waals surface area contributed by atoms with Crippen LogP contribution in [0.4, 0.5) is 10.5 Å². The molecule has 2 aromatic rings. The number of carbonyl (C=O) groups is 2. The Morgan fingerprint density at radius 1 is 0.929 bits per heavy atom. The SMILES string of the molecule is COC1CCC(OC(=O)Nc2ccc(Cc3ccc(CC(C)=O)cc3)cc2)C1. The molecule has 2 aromatic carbocycles. The number of rotatable bonds is 7. The average Bonchev–Trinajstić information content (AvgIpc) is 3.12. The summed E-state index contributed by atoms with van der Waals surface area (Å²) in [6, 6.07) is 15.9. The van der Waals surface area contributed by atoms with Crippen LogP contribution in [-0.2, 0) is 27.1 Å². The van der Waals surface area contributed by atoms with Crippen molar-refractivity contribution in [2.45, 2.75) is 51.2 Å². The third-order valence-corrected chi connectivity index (χ3v) is 5.03. The number of carbonyl (C=O) groups excluding carboxylic acids is 2. The minimum atomic E-state index is -0.421. The molecule has 0 heterocycles. The van der Waals surface area contributed by atoms with E-state index in [2.05, 4.69) is 17.4 Å². The summed E-state index contributed by atoms with van der Waals surface area (Å²) in [7, 11) is 1.69. The van der Waals surface area contributed by atoms with E-state index in [0.29, 0.717) is 12.1 Å². The molecule has 2 atom stereocenters. The van der Waals surface area contributed by atoms with Crippen LogP contribution in [-0.4, -0.2) is 31.2 Å². The fourth-order valence-electron chi connectivity index (χ4n) is 3.52. The van der Waals surface area contributed by atoms with E-state index in [1.807, 2.05) is 36.4 Å². The maximum Gasteiger partial charge on any atom is 0.411 e. The standard InChI is InChI=1S/C23H27NO4/c1-16(25)13-17-3-5-18(6-4-17)14-19-7-9-20(10-8-19)24-23(26)28-22-12-11-21(15-22)27-2/h3-10,21-22H,11-15H2,1-2H3,(H,24,26). The highest BCUT2D eigenvalue weighted by atomic mass is 16.6. The van der Waals surface area contributed by atoms with Crippen LogP contribution in [0.5, 0.6) is 0 Å². The highest BCUT2D eigenvalue weighted by molar-refractivity contribution is 5.84. The number of hydrogen-bond acceptors (Lipinski definition) is 4. The van der Waals surface area contributed by atoms with Crippen molar-refractivity contribution >= 4 is 17.6 Å². The zero-order chi connectivity index (χ0) is 19.9. The van der Waals surface area contributed by atoms with Gasteiger partial charge in [-0.15, -0.1) is 0 Å². The van der Waals surface area contributed by atoms with E-state index in [1.54, 1.807) is 14.0 Å². The van der Waals surface area contributed by atoms with Gasteiger partial charge in [-0.05, 0) is 55.0 Å². The molecule has 1 fully saturated rings. The van der Waals surface area contributed by atoms with Gasteiger partial charge in [0, 0.05) is 25.6 Å². The van der Waals surface area contributed by atoms with Gasteiger partial charge in [-0.25, -0.2) is 4.79 Å². The summed E-state index contributed by atoms with van der Waals surface area (Å²) in [5.74, 6) is 0.167. The molecule has 2 unspecified atom stereocenters. The smallest absolute Gasteiger partial charge is 0.411 e. The third-order valence-electron chi connectivity index (χ3n) is 5.03. The molecule has 148 valence electrons. The second-order valence-electron chi connectivity index (χ2n) is 7.39. The van der Waals surface area contributed by atoms with Gasteiger partial charge in [-0.3, -0.25) is 10.1 Å². The first-order valence-electron chi connectivity index (χ1n) is 9.68. The van der Waals surface area contributed by atoms with E-state index in [-0.39, 0.29) is 18.0 Å². The van der Waals surface area contributed by atoms with Crippen molar-refractivity contribution in [2.24, 2.45) is 0 Å². The van der Waals surface area contributed by atoms with Crippen LogP contribution in [0.1, 0.15) is 42.9 Å². The molecule has 5 heteroatoms. The Hall–Kier alpha value is -2.66. The van der Waals surface area contributed by atoms with Crippen molar-refractivity contribution in [2.75, 3.05) is 12.4 Å². The minimum absolute atomic E-state index is 0.0739. The summed E-state index contributed by atoms with van der Waals surface area (Å²) in [5, 5.41) is 2.78. The Morgan fingerprint density at radius 3 is 2.07 bits per heavy atom. The summed E-state index contributed by atoms with van der Waals surface area (Å²) in [6.07, 6.45) is 3.50. The Morgan fingerprint density at radius 2 is 1.50 bits per heavy atom. The van der Waals surface area contributed by atoms with Gasteiger partial charge in [0.1, 0.15) is 11.9 Å². The molecule has 0 aromatic heterocycles. The highest BCUT2D eigenvalue weighted by Gasteiger charge is 2.27. The molecule has 28 heavy (non-hydrogen) atoms. The number of benzene rings is 2. The lowest BCUT2D eigenvalue weighted by Crippen LogP contribution is -2.21. The summed E-state index contributed by atoms with van der Waals surface area (Å²) < 4.78 is 10.8. The van der Waals surface area contributed by atoms with Crippen LogP contribution in [0.15, 0.2) is 48.5 Å². The van der Waals surface area contributed by atoms with Gasteiger partial charge in [0.25, 0.3) is 0 Å². The molecular formula is C23H27NO4. The number of anilines is 1. The maximum absolute atomic E-state index is 12.0. The van der Waals surface area contributed by atoms with Gasteiger partial charge >= 0.3 is 6.09 Å². The predicted molar refractivity (Wildman–Crippen MR) is 109 cm³/mol. The third kappa shape index (κ3) is 5.92. The summed E-state index contributed by atoms with van der Waals surface area (Å²) in [4.78, 5) is 23.2. The van der Waals surface area contributed by atoms with E-state index in [0.717, 1.165) is 36.8 Å². The van der Waals surface area contributed by atoms with Crippen LogP contribution in [0.2, 0.25) is 0 Å². The minimum Gasteiger partial charge on any atom is -0.446 e. The maximum atomic E-state index is 12.0. The van der Waals surface area contributed by atoms with Crippen molar-refractivity contribution < 1.29 is 19.1 Å². The van der Waals surface area contributed by atoms with Gasteiger partial charge in [-0.1, -0.05) is 36.4 Å². The van der Waals surface area contributed by atoms with Crippen molar-refractivity contribution in [3.05, 3.63) is 65.2 Å². The first-order valence-corrected chi connectivity index (χ1v) is 9.68. The highest BCUT2D eigenvalue weighted by Crippen LogP contribution is 2.24. The van der Waals surface area contributed by atoms with Gasteiger partial charge in [0.15, 0.2) is 0 Å². The Labute approximate surface area is 166 Å². The van der Waals surface area contributed by atoms with Crippen LogP contribution < -0.4 is 5.32 Å². The van der Waals surface area contributed by atoms with E-state index < -0.39 is 6.09 Å². The van der Waals surface area contributed by atoms with Gasteiger partial charge in [0.05, 0.1) is 6.10 Å². The number of ether oxygens (including phenoxy) is 2. The topological polar surface area (TPSA) is 64.6 Å². The summed E-state index contributed by atoms with van der Waals surface area (Å²) in [6.45, 7) is 1.60. The first kappa shape index (κ1) is 20.1.